The maximum atomic E-state index is 12.1. The first-order chi connectivity index (χ1) is 14.0. The van der Waals surface area contributed by atoms with Gasteiger partial charge in [-0.15, -0.1) is 0 Å². The SMILES string of the molecule is Cc1cc(N2CCC3(CC2)OCCO3)ccc1CN(C=O)C1CCC(=O)NC1=O. The van der Waals surface area contributed by atoms with Crippen molar-refractivity contribution in [3.05, 3.63) is 29.3 Å². The Balaban J connectivity index is 1.41. The molecule has 3 aliphatic rings. The molecule has 1 aromatic carbocycles. The van der Waals surface area contributed by atoms with Crippen LogP contribution in [0.3, 0.4) is 0 Å². The Morgan fingerprint density at radius 2 is 1.97 bits per heavy atom. The van der Waals surface area contributed by atoms with E-state index in [2.05, 4.69) is 22.3 Å². The van der Waals surface area contributed by atoms with E-state index in [1.165, 1.54) is 4.90 Å². The molecule has 0 saturated carbocycles. The maximum Gasteiger partial charge on any atom is 0.249 e. The third-order valence-electron chi connectivity index (χ3n) is 6.13. The Bertz CT molecular complexity index is 796. The fraction of sp³-hybridized carbons (Fsp3) is 0.571. The Kier molecular flexibility index (Phi) is 5.56. The van der Waals surface area contributed by atoms with Crippen molar-refractivity contribution in [2.75, 3.05) is 31.2 Å². The topological polar surface area (TPSA) is 88.2 Å². The zero-order chi connectivity index (χ0) is 20.4. The molecular formula is C21H27N3O5. The van der Waals surface area contributed by atoms with E-state index in [0.717, 1.165) is 42.7 Å². The number of aryl methyl sites for hydroxylation is 1. The highest BCUT2D eigenvalue weighted by molar-refractivity contribution is 6.00. The fourth-order valence-electron chi connectivity index (χ4n) is 4.36. The van der Waals surface area contributed by atoms with Crippen LogP contribution in [0.5, 0.6) is 0 Å². The van der Waals surface area contributed by atoms with E-state index in [9.17, 15) is 14.4 Å². The predicted molar refractivity (Wildman–Crippen MR) is 105 cm³/mol. The lowest BCUT2D eigenvalue weighted by molar-refractivity contribution is -0.169. The lowest BCUT2D eigenvalue weighted by Crippen LogP contribution is -2.51. The molecule has 1 spiro atoms. The number of anilines is 1. The Hall–Kier alpha value is -2.45. The van der Waals surface area contributed by atoms with E-state index in [4.69, 9.17) is 9.47 Å². The highest BCUT2D eigenvalue weighted by atomic mass is 16.7. The van der Waals surface area contributed by atoms with Gasteiger partial charge in [0.05, 0.1) is 13.2 Å². The van der Waals surface area contributed by atoms with Crippen LogP contribution < -0.4 is 10.2 Å². The molecule has 0 aromatic heterocycles. The number of amides is 3. The quantitative estimate of drug-likeness (QED) is 0.587. The van der Waals surface area contributed by atoms with E-state index in [0.29, 0.717) is 32.6 Å². The average molecular weight is 401 g/mol. The number of hydrogen-bond donors (Lipinski definition) is 1. The Morgan fingerprint density at radius 3 is 2.59 bits per heavy atom. The molecule has 0 aliphatic carbocycles. The predicted octanol–water partition coefficient (Wildman–Crippen LogP) is 1.10. The third-order valence-corrected chi connectivity index (χ3v) is 6.13. The van der Waals surface area contributed by atoms with Crippen molar-refractivity contribution in [3.8, 4) is 0 Å². The first-order valence-electron chi connectivity index (χ1n) is 10.2. The smallest absolute Gasteiger partial charge is 0.249 e. The normalized spacial score (nSPS) is 23.9. The van der Waals surface area contributed by atoms with Gasteiger partial charge in [0.15, 0.2) is 5.79 Å². The van der Waals surface area contributed by atoms with Gasteiger partial charge in [-0.25, -0.2) is 0 Å². The molecule has 156 valence electrons. The van der Waals surface area contributed by atoms with Gasteiger partial charge >= 0.3 is 0 Å². The lowest BCUT2D eigenvalue weighted by atomic mass is 10.0. The van der Waals surface area contributed by atoms with E-state index in [1.54, 1.807) is 0 Å². The van der Waals surface area contributed by atoms with E-state index >= 15 is 0 Å². The molecule has 3 heterocycles. The van der Waals surface area contributed by atoms with Crippen LogP contribution in [0.1, 0.15) is 36.8 Å². The largest absolute Gasteiger partial charge is 0.371 e. The van der Waals surface area contributed by atoms with E-state index in [-0.39, 0.29) is 12.3 Å². The van der Waals surface area contributed by atoms with Gasteiger partial charge in [0.25, 0.3) is 0 Å². The Labute approximate surface area is 170 Å². The number of rotatable bonds is 5. The number of nitrogens with one attached hydrogen (secondary N) is 1. The molecule has 8 heteroatoms. The van der Waals surface area contributed by atoms with Gasteiger partial charge in [-0.1, -0.05) is 6.07 Å². The molecule has 3 saturated heterocycles. The van der Waals surface area contributed by atoms with Gasteiger partial charge < -0.3 is 19.3 Å². The van der Waals surface area contributed by atoms with Crippen LogP contribution in [0, 0.1) is 6.92 Å². The van der Waals surface area contributed by atoms with Crippen molar-refractivity contribution in [1.82, 2.24) is 10.2 Å². The second-order valence-electron chi connectivity index (χ2n) is 7.95. The summed E-state index contributed by atoms with van der Waals surface area (Å²) in [6, 6.07) is 5.59. The van der Waals surface area contributed by atoms with Gasteiger partial charge in [0, 0.05) is 44.6 Å². The number of imide groups is 1. The maximum absolute atomic E-state index is 12.1. The summed E-state index contributed by atoms with van der Waals surface area (Å²) in [5.74, 6) is -1.08. The summed E-state index contributed by atoms with van der Waals surface area (Å²) in [6.07, 6.45) is 3.01. The Morgan fingerprint density at radius 1 is 1.24 bits per heavy atom. The number of ether oxygens (including phenoxy) is 2. The van der Waals surface area contributed by atoms with Crippen LogP contribution in [-0.2, 0) is 30.4 Å². The average Bonchev–Trinajstić information content (AvgIpc) is 3.16. The number of nitrogens with zero attached hydrogens (tertiary/aromatic N) is 2. The molecule has 1 atom stereocenters. The van der Waals surface area contributed by atoms with Gasteiger partial charge in [-0.05, 0) is 36.6 Å². The van der Waals surface area contributed by atoms with Gasteiger partial charge in [-0.2, -0.15) is 0 Å². The van der Waals surface area contributed by atoms with Crippen LogP contribution in [0.4, 0.5) is 5.69 Å². The second-order valence-corrected chi connectivity index (χ2v) is 7.95. The molecule has 29 heavy (non-hydrogen) atoms. The molecule has 3 amide bonds. The van der Waals surface area contributed by atoms with Crippen molar-refractivity contribution >= 4 is 23.9 Å². The molecule has 3 aliphatic heterocycles. The van der Waals surface area contributed by atoms with Crippen molar-refractivity contribution in [3.63, 3.8) is 0 Å². The minimum absolute atomic E-state index is 0.253. The summed E-state index contributed by atoms with van der Waals surface area (Å²) < 4.78 is 11.6. The highest BCUT2D eigenvalue weighted by Gasteiger charge is 2.39. The van der Waals surface area contributed by atoms with Gasteiger partial charge in [-0.3, -0.25) is 19.7 Å². The minimum atomic E-state index is -0.603. The lowest BCUT2D eigenvalue weighted by Gasteiger charge is -2.39. The third kappa shape index (κ3) is 4.13. The molecule has 8 nitrogen and oxygen atoms in total. The van der Waals surface area contributed by atoms with Crippen molar-refractivity contribution in [1.29, 1.82) is 0 Å². The number of hydrogen-bond acceptors (Lipinski definition) is 6. The van der Waals surface area contributed by atoms with Crippen LogP contribution in [-0.4, -0.2) is 61.3 Å². The molecule has 3 fully saturated rings. The van der Waals surface area contributed by atoms with E-state index in [1.807, 2.05) is 13.0 Å². The summed E-state index contributed by atoms with van der Waals surface area (Å²) >= 11 is 0. The van der Waals surface area contributed by atoms with Crippen LogP contribution >= 0.6 is 0 Å². The summed E-state index contributed by atoms with van der Waals surface area (Å²) in [5.41, 5.74) is 3.19. The first-order valence-corrected chi connectivity index (χ1v) is 10.2. The van der Waals surface area contributed by atoms with Gasteiger partial charge in [0.1, 0.15) is 6.04 Å². The van der Waals surface area contributed by atoms with Crippen molar-refractivity contribution in [2.24, 2.45) is 0 Å². The molecular weight excluding hydrogens is 374 g/mol. The molecule has 1 N–H and O–H groups in total. The number of benzene rings is 1. The molecule has 1 aromatic rings. The van der Waals surface area contributed by atoms with Crippen LogP contribution in [0.15, 0.2) is 18.2 Å². The minimum Gasteiger partial charge on any atom is -0.371 e. The van der Waals surface area contributed by atoms with Crippen molar-refractivity contribution < 1.29 is 23.9 Å². The molecule has 4 rings (SSSR count). The summed E-state index contributed by atoms with van der Waals surface area (Å²) in [5, 5.41) is 2.31. The monoisotopic (exact) mass is 401 g/mol. The molecule has 1 unspecified atom stereocenters. The number of carbonyl (C=O) groups is 3. The second kappa shape index (κ2) is 8.12. The highest BCUT2D eigenvalue weighted by Crippen LogP contribution is 2.33. The summed E-state index contributed by atoms with van der Waals surface area (Å²) in [6.45, 7) is 5.45. The molecule has 0 bridgehead atoms. The van der Waals surface area contributed by atoms with Crippen molar-refractivity contribution in [2.45, 2.75) is 51.0 Å². The number of piperidine rings is 2. The van der Waals surface area contributed by atoms with Gasteiger partial charge in [0.2, 0.25) is 18.2 Å². The zero-order valence-corrected chi connectivity index (χ0v) is 16.7. The summed E-state index contributed by atoms with van der Waals surface area (Å²) in [7, 11) is 0. The number of carbonyl (C=O) groups excluding carboxylic acids is 3. The molecule has 0 radical (unpaired) electrons. The summed E-state index contributed by atoms with van der Waals surface area (Å²) in [4.78, 5) is 38.9. The zero-order valence-electron chi connectivity index (χ0n) is 16.7. The standard InChI is InChI=1S/C21H27N3O5/c1-15-12-17(23-8-6-21(7-9-23)28-10-11-29-21)3-2-16(15)13-24(14-25)18-4-5-19(26)22-20(18)27/h2-3,12,14,18H,4-11,13H2,1H3,(H,22,26,27). The van der Waals surface area contributed by atoms with E-state index < -0.39 is 17.7 Å². The van der Waals surface area contributed by atoms with Crippen LogP contribution in [0.25, 0.3) is 0 Å². The fourth-order valence-corrected chi connectivity index (χ4v) is 4.36. The first kappa shape index (κ1) is 19.8. The van der Waals surface area contributed by atoms with Crippen LogP contribution in [0.2, 0.25) is 0 Å².